The van der Waals surface area contributed by atoms with E-state index in [1.807, 2.05) is 6.92 Å². The van der Waals surface area contributed by atoms with Crippen molar-refractivity contribution in [2.75, 3.05) is 29.9 Å². The highest BCUT2D eigenvalue weighted by Gasteiger charge is 2.43. The topological polar surface area (TPSA) is 80.5 Å². The van der Waals surface area contributed by atoms with Crippen LogP contribution in [0, 0.1) is 18.8 Å². The summed E-state index contributed by atoms with van der Waals surface area (Å²) in [5.74, 6) is 1.85. The van der Waals surface area contributed by atoms with Crippen LogP contribution in [-0.4, -0.2) is 55.9 Å². The first-order chi connectivity index (χ1) is 14.7. The number of nitrogens with one attached hydrogen (secondary N) is 1. The fourth-order valence-corrected chi connectivity index (χ4v) is 5.31. The highest BCUT2D eigenvalue weighted by Crippen LogP contribution is 2.40. The summed E-state index contributed by atoms with van der Waals surface area (Å²) in [4.78, 5) is 11.2. The Hall–Kier alpha value is -2.34. The van der Waals surface area contributed by atoms with Gasteiger partial charge >= 0.3 is 6.18 Å². The van der Waals surface area contributed by atoms with E-state index in [0.29, 0.717) is 17.8 Å². The van der Waals surface area contributed by atoms with Crippen LogP contribution in [0.25, 0.3) is 5.65 Å². The average molecular weight is 474 g/mol. The Kier molecular flexibility index (Phi) is 5.08. The van der Waals surface area contributed by atoms with Crippen LogP contribution in [0.1, 0.15) is 18.7 Å². The zero-order chi connectivity index (χ0) is 21.8. The number of rotatable bonds is 5. The Balaban J connectivity index is 1.34. The lowest BCUT2D eigenvalue weighted by atomic mass is 9.92. The molecule has 3 atom stereocenters. The molecule has 2 bridgehead atoms. The van der Waals surface area contributed by atoms with Crippen molar-refractivity contribution < 1.29 is 17.9 Å². The standard InChI is InChI=1S/C18H19ClF3N7OS/c1-9-23-17(31-27-9)28-5-10-2-3-11(6-28)14(10)24-16-25-15-13(30-8-18(20,21)22)4-12(19)7-29(15)26-16/h4,7,10-11,14H,2-3,5-6,8H2,1H3,(H,24,26)/t10-,11+,14?. The molecular weight excluding hydrogens is 455 g/mol. The minimum atomic E-state index is -4.46. The van der Waals surface area contributed by atoms with Crippen molar-refractivity contribution in [3.05, 3.63) is 23.1 Å². The zero-order valence-corrected chi connectivity index (χ0v) is 18.0. The summed E-state index contributed by atoms with van der Waals surface area (Å²) in [7, 11) is 0. The van der Waals surface area contributed by atoms with Crippen molar-refractivity contribution in [3.63, 3.8) is 0 Å². The Labute approximate surface area is 184 Å². The van der Waals surface area contributed by atoms with Gasteiger partial charge in [-0.15, -0.1) is 5.10 Å². The molecule has 2 aliphatic rings. The molecule has 13 heteroatoms. The summed E-state index contributed by atoms with van der Waals surface area (Å²) >= 11 is 7.44. The van der Waals surface area contributed by atoms with Gasteiger partial charge in [-0.05, 0) is 31.6 Å². The quantitative estimate of drug-likeness (QED) is 0.603. The number of anilines is 2. The highest BCUT2D eigenvalue weighted by atomic mass is 35.5. The second-order valence-electron chi connectivity index (χ2n) is 7.93. The summed E-state index contributed by atoms with van der Waals surface area (Å²) in [6.45, 7) is 2.19. The molecule has 0 aromatic carbocycles. The van der Waals surface area contributed by atoms with Crippen molar-refractivity contribution in [2.24, 2.45) is 11.8 Å². The van der Waals surface area contributed by atoms with E-state index < -0.39 is 12.8 Å². The van der Waals surface area contributed by atoms with Gasteiger partial charge in [0.15, 0.2) is 18.0 Å². The third-order valence-corrected chi connectivity index (χ3v) is 6.75. The Morgan fingerprint density at radius 1 is 1.26 bits per heavy atom. The maximum atomic E-state index is 12.6. The van der Waals surface area contributed by atoms with Crippen LogP contribution in [-0.2, 0) is 0 Å². The lowest BCUT2D eigenvalue weighted by molar-refractivity contribution is -0.153. The molecular formula is C18H19ClF3N7OS. The first-order valence-corrected chi connectivity index (χ1v) is 11.0. The first-order valence-electron chi connectivity index (χ1n) is 9.82. The van der Waals surface area contributed by atoms with Gasteiger partial charge in [-0.2, -0.15) is 22.5 Å². The third-order valence-electron chi connectivity index (χ3n) is 5.67. The van der Waals surface area contributed by atoms with E-state index >= 15 is 0 Å². The minimum absolute atomic E-state index is 0.0604. The molecule has 1 saturated heterocycles. The average Bonchev–Trinajstić information content (AvgIpc) is 3.35. The van der Waals surface area contributed by atoms with Crippen molar-refractivity contribution >= 4 is 39.9 Å². The molecule has 0 spiro atoms. The molecule has 5 rings (SSSR count). The van der Waals surface area contributed by atoms with Crippen LogP contribution >= 0.6 is 23.1 Å². The maximum absolute atomic E-state index is 12.6. The van der Waals surface area contributed by atoms with E-state index in [4.69, 9.17) is 16.3 Å². The molecule has 8 nitrogen and oxygen atoms in total. The number of pyridine rings is 1. The number of alkyl halides is 3. The SMILES string of the molecule is Cc1nsc(N2C[C@H]3CC[C@@H](C2)C3Nc2nc3c(OCC(F)(F)F)cc(Cl)cn3n2)n1. The summed E-state index contributed by atoms with van der Waals surface area (Å²) in [5, 5.41) is 8.92. The molecule has 1 aliphatic carbocycles. The predicted molar refractivity (Wildman–Crippen MR) is 110 cm³/mol. The van der Waals surface area contributed by atoms with Crippen molar-refractivity contribution in [1.29, 1.82) is 0 Å². The summed E-state index contributed by atoms with van der Waals surface area (Å²) in [5.41, 5.74) is 0.185. The van der Waals surface area contributed by atoms with E-state index in [9.17, 15) is 13.2 Å². The van der Waals surface area contributed by atoms with Gasteiger partial charge in [0.25, 0.3) is 0 Å². The van der Waals surface area contributed by atoms with Gasteiger partial charge in [-0.25, -0.2) is 9.50 Å². The number of aromatic nitrogens is 5. The molecule has 3 aromatic rings. The second kappa shape index (κ2) is 7.66. The van der Waals surface area contributed by atoms with Gasteiger partial charge in [0.05, 0.1) is 5.02 Å². The number of nitrogens with zero attached hydrogens (tertiary/aromatic N) is 6. The van der Waals surface area contributed by atoms with Gasteiger partial charge in [0, 0.05) is 42.9 Å². The van der Waals surface area contributed by atoms with Crippen LogP contribution in [0.2, 0.25) is 5.02 Å². The first kappa shape index (κ1) is 20.6. The predicted octanol–water partition coefficient (Wildman–Crippen LogP) is 3.81. The van der Waals surface area contributed by atoms with Crippen LogP contribution < -0.4 is 15.0 Å². The molecule has 3 aromatic heterocycles. The summed E-state index contributed by atoms with van der Waals surface area (Å²) in [6.07, 6.45) is -0.810. The highest BCUT2D eigenvalue weighted by molar-refractivity contribution is 7.09. The molecule has 1 saturated carbocycles. The minimum Gasteiger partial charge on any atom is -0.480 e. The van der Waals surface area contributed by atoms with Crippen molar-refractivity contribution in [1.82, 2.24) is 24.0 Å². The smallest absolute Gasteiger partial charge is 0.422 e. The molecule has 1 unspecified atom stereocenters. The van der Waals surface area contributed by atoms with Crippen molar-refractivity contribution in [3.8, 4) is 5.75 Å². The lowest BCUT2D eigenvalue weighted by Crippen LogP contribution is -2.48. The molecule has 2 fully saturated rings. The van der Waals surface area contributed by atoms with Crippen molar-refractivity contribution in [2.45, 2.75) is 32.0 Å². The van der Waals surface area contributed by atoms with Gasteiger partial charge < -0.3 is 15.0 Å². The Morgan fingerprint density at radius 3 is 2.65 bits per heavy atom. The van der Waals surface area contributed by atoms with Gasteiger partial charge in [-0.3, -0.25) is 0 Å². The summed E-state index contributed by atoms with van der Waals surface area (Å²) in [6, 6.07) is 1.49. The number of fused-ring (bicyclic) bond motifs is 3. The van der Waals surface area contributed by atoms with Crippen LogP contribution in [0.15, 0.2) is 12.3 Å². The number of halogens is 4. The maximum Gasteiger partial charge on any atom is 0.422 e. The van der Waals surface area contributed by atoms with E-state index in [1.165, 1.54) is 28.3 Å². The normalized spacial score (nSPS) is 23.5. The van der Waals surface area contributed by atoms with E-state index in [-0.39, 0.29) is 22.5 Å². The molecule has 1 N–H and O–H groups in total. The fourth-order valence-electron chi connectivity index (χ4n) is 4.43. The molecule has 31 heavy (non-hydrogen) atoms. The van der Waals surface area contributed by atoms with E-state index in [1.54, 1.807) is 0 Å². The number of hydrogen-bond acceptors (Lipinski definition) is 8. The molecule has 4 heterocycles. The Bertz CT molecular complexity index is 1090. The zero-order valence-electron chi connectivity index (χ0n) is 16.4. The summed E-state index contributed by atoms with van der Waals surface area (Å²) < 4.78 is 48.3. The largest absolute Gasteiger partial charge is 0.480 e. The number of piperidine rings is 1. The second-order valence-corrected chi connectivity index (χ2v) is 9.09. The molecule has 0 amide bonds. The van der Waals surface area contributed by atoms with Gasteiger partial charge in [-0.1, -0.05) is 11.6 Å². The number of aryl methyl sites for hydroxylation is 1. The number of ether oxygens (including phenoxy) is 1. The van der Waals surface area contributed by atoms with E-state index in [0.717, 1.165) is 36.9 Å². The lowest BCUT2D eigenvalue weighted by Gasteiger charge is -2.37. The third kappa shape index (κ3) is 4.22. The molecule has 166 valence electrons. The number of hydrogen-bond donors (Lipinski definition) is 1. The van der Waals surface area contributed by atoms with Gasteiger partial charge in [0.1, 0.15) is 5.82 Å². The fraction of sp³-hybridized carbons (Fsp3) is 0.556. The monoisotopic (exact) mass is 473 g/mol. The van der Waals surface area contributed by atoms with E-state index in [2.05, 4.69) is 29.7 Å². The molecule has 0 radical (unpaired) electrons. The Morgan fingerprint density at radius 2 is 2.00 bits per heavy atom. The van der Waals surface area contributed by atoms with Crippen LogP contribution in [0.5, 0.6) is 5.75 Å². The molecule has 1 aliphatic heterocycles. The van der Waals surface area contributed by atoms with Gasteiger partial charge in [0.2, 0.25) is 11.1 Å². The van der Waals surface area contributed by atoms with Crippen LogP contribution in [0.4, 0.5) is 24.3 Å². The van der Waals surface area contributed by atoms with Crippen LogP contribution in [0.3, 0.4) is 0 Å².